The lowest BCUT2D eigenvalue weighted by atomic mass is 10.2. The highest BCUT2D eigenvalue weighted by Gasteiger charge is 2.22. The molecule has 0 aliphatic heterocycles. The first-order chi connectivity index (χ1) is 13.1. The Balaban J connectivity index is 2.23. The second kappa shape index (κ2) is 8.63. The number of carbonyl (C=O) groups is 1. The number of methoxy groups -OCH3 is 1. The molecule has 0 aliphatic carbocycles. The maximum atomic E-state index is 12.4. The lowest BCUT2D eigenvalue weighted by Gasteiger charge is -2.15. The number of rotatable bonds is 7. The molecule has 0 aromatic heterocycles. The van der Waals surface area contributed by atoms with Gasteiger partial charge in [-0.15, -0.1) is 0 Å². The van der Waals surface area contributed by atoms with E-state index in [-0.39, 0.29) is 22.0 Å². The van der Waals surface area contributed by atoms with Crippen molar-refractivity contribution < 1.29 is 22.9 Å². The quantitative estimate of drug-likeness (QED) is 0.429. The van der Waals surface area contributed by atoms with Gasteiger partial charge in [-0.1, -0.05) is 12.1 Å². The summed E-state index contributed by atoms with van der Waals surface area (Å²) in [5.74, 6) is -0.333. The first-order valence-electron chi connectivity index (χ1n) is 7.99. The number of amides is 1. The summed E-state index contributed by atoms with van der Waals surface area (Å²) in [5.41, 5.74) is 0.598. The van der Waals surface area contributed by atoms with Crippen LogP contribution in [0.1, 0.15) is 5.56 Å². The number of nitrogens with one attached hydrogen (secondary N) is 1. The van der Waals surface area contributed by atoms with Gasteiger partial charge in [0.1, 0.15) is 10.6 Å². The smallest absolute Gasteiger partial charge is 0.271 e. The minimum Gasteiger partial charge on any atom is -0.495 e. The minimum atomic E-state index is -3.73. The normalized spacial score (nSPS) is 11.6. The van der Waals surface area contributed by atoms with E-state index in [2.05, 4.69) is 5.32 Å². The van der Waals surface area contributed by atoms with Crippen LogP contribution < -0.4 is 10.1 Å². The number of sulfonamides is 1. The monoisotopic (exact) mass is 405 g/mol. The minimum absolute atomic E-state index is 0.0266. The summed E-state index contributed by atoms with van der Waals surface area (Å²) in [6.45, 7) is 0. The molecule has 9 nitrogen and oxygen atoms in total. The van der Waals surface area contributed by atoms with Gasteiger partial charge in [-0.25, -0.2) is 12.7 Å². The Bertz CT molecular complexity index is 1030. The highest BCUT2D eigenvalue weighted by molar-refractivity contribution is 7.89. The molecular weight excluding hydrogens is 386 g/mol. The lowest BCUT2D eigenvalue weighted by Crippen LogP contribution is -2.22. The number of hydrogen-bond donors (Lipinski definition) is 1. The lowest BCUT2D eigenvalue weighted by molar-refractivity contribution is -0.384. The number of hydrogen-bond acceptors (Lipinski definition) is 6. The van der Waals surface area contributed by atoms with E-state index in [0.717, 1.165) is 4.31 Å². The number of benzene rings is 2. The molecule has 0 fully saturated rings. The number of non-ortho nitro benzene ring substituents is 1. The zero-order chi connectivity index (χ0) is 20.9. The topological polar surface area (TPSA) is 119 Å². The zero-order valence-corrected chi connectivity index (χ0v) is 16.3. The molecule has 10 heteroatoms. The van der Waals surface area contributed by atoms with Gasteiger partial charge in [-0.05, 0) is 29.8 Å². The first kappa shape index (κ1) is 21.1. The van der Waals surface area contributed by atoms with Gasteiger partial charge in [0.15, 0.2) is 0 Å². The van der Waals surface area contributed by atoms with Crippen molar-refractivity contribution >= 4 is 33.4 Å². The number of nitro benzene ring substituents is 1. The molecule has 0 aliphatic rings. The van der Waals surface area contributed by atoms with Crippen molar-refractivity contribution in [3.8, 4) is 5.75 Å². The molecule has 0 saturated heterocycles. The van der Waals surface area contributed by atoms with Crippen LogP contribution in [0.5, 0.6) is 5.75 Å². The van der Waals surface area contributed by atoms with E-state index in [9.17, 15) is 23.3 Å². The van der Waals surface area contributed by atoms with E-state index in [1.165, 1.54) is 69.8 Å². The summed E-state index contributed by atoms with van der Waals surface area (Å²) in [4.78, 5) is 22.3. The largest absolute Gasteiger partial charge is 0.495 e. The van der Waals surface area contributed by atoms with Gasteiger partial charge in [0.05, 0.1) is 12.0 Å². The fraction of sp³-hybridized carbons (Fsp3) is 0.167. The van der Waals surface area contributed by atoms with Crippen molar-refractivity contribution in [2.45, 2.75) is 4.90 Å². The molecule has 2 rings (SSSR count). The van der Waals surface area contributed by atoms with Gasteiger partial charge < -0.3 is 10.1 Å². The summed E-state index contributed by atoms with van der Waals surface area (Å²) in [5, 5.41) is 13.3. The van der Waals surface area contributed by atoms with Crippen molar-refractivity contribution in [2.24, 2.45) is 0 Å². The second-order valence-corrected chi connectivity index (χ2v) is 7.95. The fourth-order valence-corrected chi connectivity index (χ4v) is 3.33. The van der Waals surface area contributed by atoms with Gasteiger partial charge in [0.25, 0.3) is 5.69 Å². The number of anilines is 1. The molecule has 1 amide bonds. The van der Waals surface area contributed by atoms with Crippen LogP contribution in [0.3, 0.4) is 0 Å². The van der Waals surface area contributed by atoms with Crippen LogP contribution in [0.15, 0.2) is 53.4 Å². The molecule has 0 spiro atoms. The third-order valence-electron chi connectivity index (χ3n) is 3.70. The van der Waals surface area contributed by atoms with Gasteiger partial charge >= 0.3 is 0 Å². The van der Waals surface area contributed by atoms with E-state index in [1.54, 1.807) is 6.07 Å². The van der Waals surface area contributed by atoms with E-state index >= 15 is 0 Å². The van der Waals surface area contributed by atoms with Crippen molar-refractivity contribution in [3.05, 3.63) is 64.2 Å². The maximum absolute atomic E-state index is 12.4. The average molecular weight is 405 g/mol. The van der Waals surface area contributed by atoms with E-state index in [1.807, 2.05) is 0 Å². The molecular formula is C18H19N3O6S. The number of nitro groups is 1. The summed E-state index contributed by atoms with van der Waals surface area (Å²) < 4.78 is 31.0. The predicted octanol–water partition coefficient (Wildman–Crippen LogP) is 2.51. The molecule has 0 bridgehead atoms. The Kier molecular flexibility index (Phi) is 6.49. The highest BCUT2D eigenvalue weighted by atomic mass is 32.2. The molecule has 2 aromatic rings. The highest BCUT2D eigenvalue weighted by Crippen LogP contribution is 2.27. The van der Waals surface area contributed by atoms with Crippen molar-refractivity contribution in [1.29, 1.82) is 0 Å². The molecule has 0 radical (unpaired) electrons. The molecule has 1 N–H and O–H groups in total. The Morgan fingerprint density at radius 1 is 1.21 bits per heavy atom. The van der Waals surface area contributed by atoms with Crippen LogP contribution in [0, 0.1) is 10.1 Å². The van der Waals surface area contributed by atoms with Gasteiger partial charge in [-0.2, -0.15) is 0 Å². The van der Waals surface area contributed by atoms with Crippen LogP contribution in [-0.2, 0) is 14.8 Å². The second-order valence-electron chi connectivity index (χ2n) is 5.83. The van der Waals surface area contributed by atoms with Crippen LogP contribution in [-0.4, -0.2) is 44.8 Å². The summed E-state index contributed by atoms with van der Waals surface area (Å²) >= 11 is 0. The van der Waals surface area contributed by atoms with Crippen molar-refractivity contribution in [2.75, 3.05) is 26.5 Å². The van der Waals surface area contributed by atoms with Gasteiger partial charge in [-0.3, -0.25) is 14.9 Å². The van der Waals surface area contributed by atoms with Crippen molar-refractivity contribution in [3.63, 3.8) is 0 Å². The molecule has 0 unspecified atom stereocenters. The zero-order valence-electron chi connectivity index (χ0n) is 15.4. The molecule has 0 heterocycles. The van der Waals surface area contributed by atoms with E-state index in [4.69, 9.17) is 4.74 Å². The Morgan fingerprint density at radius 2 is 1.93 bits per heavy atom. The summed E-state index contributed by atoms with van der Waals surface area (Å²) in [6.07, 6.45) is 2.63. The number of carbonyl (C=O) groups excluding carboxylic acids is 1. The summed E-state index contributed by atoms with van der Waals surface area (Å²) in [6, 6.07) is 10.0. The Labute approximate surface area is 162 Å². The molecule has 0 saturated carbocycles. The van der Waals surface area contributed by atoms with Crippen LogP contribution in [0.4, 0.5) is 11.4 Å². The third kappa shape index (κ3) is 4.93. The van der Waals surface area contributed by atoms with Gasteiger partial charge in [0, 0.05) is 38.0 Å². The number of ether oxygens (including phenoxy) is 1. The predicted molar refractivity (Wildman–Crippen MR) is 105 cm³/mol. The SMILES string of the molecule is COc1ccc(/C=C/C(=O)Nc2cccc([N+](=O)[O-])c2)cc1S(=O)(=O)N(C)C. The molecule has 2 aromatic carbocycles. The Hall–Kier alpha value is -3.24. The summed E-state index contributed by atoms with van der Waals surface area (Å²) in [7, 11) is 0.448. The molecule has 28 heavy (non-hydrogen) atoms. The Morgan fingerprint density at radius 3 is 2.54 bits per heavy atom. The molecule has 148 valence electrons. The number of nitrogens with zero attached hydrogens (tertiary/aromatic N) is 2. The standard InChI is InChI=1S/C18H19N3O6S/c1-20(2)28(25,26)17-11-13(7-9-16(17)27-3)8-10-18(22)19-14-5-4-6-15(12-14)21(23)24/h4-12H,1-3H3,(H,19,22)/b10-8+. The van der Waals surface area contributed by atoms with Crippen LogP contribution >= 0.6 is 0 Å². The van der Waals surface area contributed by atoms with Crippen LogP contribution in [0.2, 0.25) is 0 Å². The fourth-order valence-electron chi connectivity index (χ4n) is 2.25. The van der Waals surface area contributed by atoms with Crippen molar-refractivity contribution in [1.82, 2.24) is 4.31 Å². The van der Waals surface area contributed by atoms with Gasteiger partial charge in [0.2, 0.25) is 15.9 Å². The molecule has 0 atom stereocenters. The average Bonchev–Trinajstić information content (AvgIpc) is 2.66. The van der Waals surface area contributed by atoms with Crippen LogP contribution in [0.25, 0.3) is 6.08 Å². The first-order valence-corrected chi connectivity index (χ1v) is 9.43. The maximum Gasteiger partial charge on any atom is 0.271 e. The van der Waals surface area contributed by atoms with E-state index < -0.39 is 20.9 Å². The third-order valence-corrected chi connectivity index (χ3v) is 5.53. The van der Waals surface area contributed by atoms with E-state index in [0.29, 0.717) is 5.56 Å².